The molecule has 1 fully saturated rings. The van der Waals surface area contributed by atoms with Crippen molar-refractivity contribution in [2.45, 2.75) is 6.10 Å². The van der Waals surface area contributed by atoms with Crippen LogP contribution in [0.3, 0.4) is 0 Å². The second kappa shape index (κ2) is 5.43. The number of amides is 1. The normalized spacial score (nSPS) is 19.4. The maximum atomic E-state index is 11.8. The monoisotopic (exact) mass is 231 g/mol. The lowest BCUT2D eigenvalue weighted by atomic mass is 10.2. The fraction of sp³-hybridized carbons (Fsp3) is 0.333. The van der Waals surface area contributed by atoms with E-state index in [4.69, 9.17) is 10.00 Å². The Morgan fingerprint density at radius 2 is 2.24 bits per heavy atom. The summed E-state index contributed by atoms with van der Waals surface area (Å²) in [7, 11) is 0. The summed E-state index contributed by atoms with van der Waals surface area (Å²) < 4.78 is 5.33. The first-order valence-corrected chi connectivity index (χ1v) is 5.43. The number of hydrogen-bond donors (Lipinski definition) is 2. The molecule has 1 unspecified atom stereocenters. The van der Waals surface area contributed by atoms with Gasteiger partial charge < -0.3 is 15.4 Å². The van der Waals surface area contributed by atoms with Crippen LogP contribution in [0.1, 0.15) is 5.56 Å². The molecule has 5 nitrogen and oxygen atoms in total. The molecule has 1 aromatic carbocycles. The van der Waals surface area contributed by atoms with E-state index in [1.165, 1.54) is 0 Å². The smallest absolute Gasteiger partial charge is 0.254 e. The van der Waals surface area contributed by atoms with Crippen molar-refractivity contribution in [1.82, 2.24) is 5.32 Å². The average molecular weight is 231 g/mol. The van der Waals surface area contributed by atoms with Crippen molar-refractivity contribution < 1.29 is 9.53 Å². The summed E-state index contributed by atoms with van der Waals surface area (Å²) in [5.41, 5.74) is 1.24. The zero-order chi connectivity index (χ0) is 12.1. The Morgan fingerprint density at radius 1 is 1.47 bits per heavy atom. The van der Waals surface area contributed by atoms with Gasteiger partial charge in [-0.15, -0.1) is 0 Å². The zero-order valence-electron chi connectivity index (χ0n) is 9.27. The molecule has 2 N–H and O–H groups in total. The van der Waals surface area contributed by atoms with Crippen molar-refractivity contribution in [2.24, 2.45) is 0 Å². The van der Waals surface area contributed by atoms with Gasteiger partial charge in [0.2, 0.25) is 0 Å². The number of rotatable bonds is 2. The lowest BCUT2D eigenvalue weighted by molar-refractivity contribution is -0.128. The Labute approximate surface area is 99.4 Å². The average Bonchev–Trinajstić information content (AvgIpc) is 2.40. The van der Waals surface area contributed by atoms with E-state index in [2.05, 4.69) is 10.6 Å². The highest BCUT2D eigenvalue weighted by Crippen LogP contribution is 2.10. The third-order valence-corrected chi connectivity index (χ3v) is 2.50. The number of nitriles is 1. The van der Waals surface area contributed by atoms with Crippen LogP contribution in [0, 0.1) is 11.3 Å². The predicted octanol–water partition coefficient (Wildman–Crippen LogP) is 0.485. The van der Waals surface area contributed by atoms with E-state index >= 15 is 0 Å². The summed E-state index contributed by atoms with van der Waals surface area (Å²) in [5.74, 6) is -0.165. The van der Waals surface area contributed by atoms with E-state index in [1.807, 2.05) is 6.07 Å². The van der Waals surface area contributed by atoms with Crippen LogP contribution in [-0.4, -0.2) is 31.7 Å². The minimum absolute atomic E-state index is 0.165. The molecule has 1 aliphatic heterocycles. The molecule has 1 heterocycles. The third-order valence-electron chi connectivity index (χ3n) is 2.50. The SMILES string of the molecule is N#Cc1ccc(NC(=O)C2CNCCO2)cc1. The van der Waals surface area contributed by atoms with E-state index in [-0.39, 0.29) is 5.91 Å². The number of benzene rings is 1. The first kappa shape index (κ1) is 11.6. The van der Waals surface area contributed by atoms with Gasteiger partial charge in [0.05, 0.1) is 18.2 Å². The van der Waals surface area contributed by atoms with Gasteiger partial charge in [-0.05, 0) is 24.3 Å². The van der Waals surface area contributed by atoms with E-state index in [9.17, 15) is 4.79 Å². The van der Waals surface area contributed by atoms with E-state index < -0.39 is 6.10 Å². The lowest BCUT2D eigenvalue weighted by Crippen LogP contribution is -2.45. The Morgan fingerprint density at radius 3 is 2.82 bits per heavy atom. The van der Waals surface area contributed by atoms with Gasteiger partial charge >= 0.3 is 0 Å². The summed E-state index contributed by atoms with van der Waals surface area (Å²) >= 11 is 0. The van der Waals surface area contributed by atoms with Gasteiger partial charge in [-0.25, -0.2) is 0 Å². The number of nitrogens with zero attached hydrogens (tertiary/aromatic N) is 1. The first-order chi connectivity index (χ1) is 8.29. The van der Waals surface area contributed by atoms with Gasteiger partial charge in [-0.2, -0.15) is 5.26 Å². The number of anilines is 1. The zero-order valence-corrected chi connectivity index (χ0v) is 9.27. The Balaban J connectivity index is 1.95. The van der Waals surface area contributed by atoms with Crippen LogP contribution in [0.5, 0.6) is 0 Å². The summed E-state index contributed by atoms with van der Waals surface area (Å²) in [6.45, 7) is 1.86. The van der Waals surface area contributed by atoms with Crippen molar-refractivity contribution in [1.29, 1.82) is 5.26 Å². The van der Waals surface area contributed by atoms with Gasteiger partial charge in [0.15, 0.2) is 0 Å². The summed E-state index contributed by atoms with van der Waals surface area (Å²) in [4.78, 5) is 11.8. The van der Waals surface area contributed by atoms with E-state index in [1.54, 1.807) is 24.3 Å². The molecule has 0 aliphatic carbocycles. The number of nitrogens with one attached hydrogen (secondary N) is 2. The van der Waals surface area contributed by atoms with Crippen LogP contribution in [-0.2, 0) is 9.53 Å². The molecule has 1 saturated heterocycles. The first-order valence-electron chi connectivity index (χ1n) is 5.43. The van der Waals surface area contributed by atoms with Crippen LogP contribution in [0.4, 0.5) is 5.69 Å². The molecule has 0 bridgehead atoms. The minimum Gasteiger partial charge on any atom is -0.366 e. The fourth-order valence-corrected chi connectivity index (χ4v) is 1.58. The second-order valence-corrected chi connectivity index (χ2v) is 3.74. The summed E-state index contributed by atoms with van der Waals surface area (Å²) in [6, 6.07) is 8.75. The highest BCUT2D eigenvalue weighted by Gasteiger charge is 2.21. The standard InChI is InChI=1S/C12H13N3O2/c13-7-9-1-3-10(4-2-9)15-12(16)11-8-14-5-6-17-11/h1-4,11,14H,5-6,8H2,(H,15,16). The van der Waals surface area contributed by atoms with Gasteiger partial charge in [0.1, 0.15) is 6.10 Å². The molecule has 0 spiro atoms. The fourth-order valence-electron chi connectivity index (χ4n) is 1.58. The van der Waals surface area contributed by atoms with Crippen molar-refractivity contribution in [3.05, 3.63) is 29.8 Å². The molecule has 1 aromatic rings. The molecule has 1 amide bonds. The van der Waals surface area contributed by atoms with Crippen LogP contribution >= 0.6 is 0 Å². The molecule has 1 aliphatic rings. The Kier molecular flexibility index (Phi) is 3.70. The molecule has 2 rings (SSSR count). The highest BCUT2D eigenvalue weighted by atomic mass is 16.5. The lowest BCUT2D eigenvalue weighted by Gasteiger charge is -2.22. The molecule has 17 heavy (non-hydrogen) atoms. The van der Waals surface area contributed by atoms with Crippen LogP contribution in [0.25, 0.3) is 0 Å². The number of hydrogen-bond acceptors (Lipinski definition) is 4. The quantitative estimate of drug-likeness (QED) is 0.776. The minimum atomic E-state index is -0.445. The molecule has 1 atom stereocenters. The van der Waals surface area contributed by atoms with Gasteiger partial charge in [0.25, 0.3) is 5.91 Å². The molecule has 0 aromatic heterocycles. The van der Waals surface area contributed by atoms with Crippen molar-refractivity contribution in [2.75, 3.05) is 25.0 Å². The molecular formula is C12H13N3O2. The Bertz CT molecular complexity index is 430. The number of morpholine rings is 1. The van der Waals surface area contributed by atoms with E-state index in [0.717, 1.165) is 6.54 Å². The molecular weight excluding hydrogens is 218 g/mol. The highest BCUT2D eigenvalue weighted by molar-refractivity contribution is 5.94. The van der Waals surface area contributed by atoms with Gasteiger partial charge in [0, 0.05) is 18.8 Å². The molecule has 88 valence electrons. The largest absolute Gasteiger partial charge is 0.366 e. The molecule has 0 saturated carbocycles. The van der Waals surface area contributed by atoms with Gasteiger partial charge in [-0.3, -0.25) is 4.79 Å². The number of carbonyl (C=O) groups is 1. The predicted molar refractivity (Wildman–Crippen MR) is 62.4 cm³/mol. The summed E-state index contributed by atoms with van der Waals surface area (Å²) in [5, 5.41) is 14.5. The van der Waals surface area contributed by atoms with Crippen LogP contribution < -0.4 is 10.6 Å². The number of carbonyl (C=O) groups excluding carboxylic acids is 1. The van der Waals surface area contributed by atoms with Crippen molar-refractivity contribution >= 4 is 11.6 Å². The van der Waals surface area contributed by atoms with E-state index in [0.29, 0.717) is 24.4 Å². The van der Waals surface area contributed by atoms with Crippen LogP contribution in [0.2, 0.25) is 0 Å². The third kappa shape index (κ3) is 3.03. The van der Waals surface area contributed by atoms with Gasteiger partial charge in [-0.1, -0.05) is 0 Å². The summed E-state index contributed by atoms with van der Waals surface area (Å²) in [6.07, 6.45) is -0.445. The van der Waals surface area contributed by atoms with Crippen LogP contribution in [0.15, 0.2) is 24.3 Å². The maximum absolute atomic E-state index is 11.8. The van der Waals surface area contributed by atoms with Crippen molar-refractivity contribution in [3.8, 4) is 6.07 Å². The van der Waals surface area contributed by atoms with Crippen molar-refractivity contribution in [3.63, 3.8) is 0 Å². The Hall–Kier alpha value is -1.90. The maximum Gasteiger partial charge on any atom is 0.254 e. The molecule has 5 heteroatoms. The number of ether oxygens (including phenoxy) is 1. The second-order valence-electron chi connectivity index (χ2n) is 3.74. The molecule has 0 radical (unpaired) electrons. The topological polar surface area (TPSA) is 74.2 Å².